The van der Waals surface area contributed by atoms with Gasteiger partial charge in [0.05, 0.1) is 30.4 Å². The zero-order chi connectivity index (χ0) is 15.0. The second-order valence-electron chi connectivity index (χ2n) is 4.70. The number of aryl methyl sites for hydroxylation is 1. The molecule has 3 rings (SSSR count). The molecule has 0 amide bonds. The third kappa shape index (κ3) is 2.32. The Morgan fingerprint density at radius 3 is 2.33 bits per heavy atom. The van der Waals surface area contributed by atoms with E-state index >= 15 is 0 Å². The van der Waals surface area contributed by atoms with E-state index in [-0.39, 0.29) is 0 Å². The van der Waals surface area contributed by atoms with Crippen molar-refractivity contribution in [3.05, 3.63) is 47.1 Å². The van der Waals surface area contributed by atoms with Crippen LogP contribution < -0.4 is 9.47 Å². The zero-order valence-corrected chi connectivity index (χ0v) is 12.8. The minimum atomic E-state index is 0.595. The van der Waals surface area contributed by atoms with Crippen molar-refractivity contribution in [3.63, 3.8) is 0 Å². The molecule has 0 radical (unpaired) electrons. The predicted molar refractivity (Wildman–Crippen MR) is 83.9 cm³/mol. The number of hydrogen-bond donors (Lipinski definition) is 0. The van der Waals surface area contributed by atoms with E-state index in [1.54, 1.807) is 20.3 Å². The number of nitrogens with zero attached hydrogens (tertiary/aromatic N) is 2. The fourth-order valence-corrected chi connectivity index (χ4v) is 2.59. The smallest absolute Gasteiger partial charge is 0.120 e. The quantitative estimate of drug-likeness (QED) is 0.733. The SMILES string of the molecule is COc1ccc(-n2nc3ccc(OC)cc3c2C)c(Cl)c1. The number of rotatable bonds is 3. The van der Waals surface area contributed by atoms with Gasteiger partial charge in [-0.3, -0.25) is 0 Å². The maximum absolute atomic E-state index is 6.34. The molecule has 0 aliphatic rings. The molecule has 21 heavy (non-hydrogen) atoms. The van der Waals surface area contributed by atoms with Gasteiger partial charge < -0.3 is 9.47 Å². The molecule has 0 spiro atoms. The van der Waals surface area contributed by atoms with E-state index in [9.17, 15) is 0 Å². The van der Waals surface area contributed by atoms with E-state index in [4.69, 9.17) is 21.1 Å². The molecular formula is C16H15ClN2O2. The molecule has 0 bridgehead atoms. The normalized spacial score (nSPS) is 10.9. The third-order valence-electron chi connectivity index (χ3n) is 3.50. The van der Waals surface area contributed by atoms with Crippen LogP contribution in [0.25, 0.3) is 16.6 Å². The van der Waals surface area contributed by atoms with Gasteiger partial charge in [-0.15, -0.1) is 0 Å². The Labute approximate surface area is 127 Å². The van der Waals surface area contributed by atoms with Crippen molar-refractivity contribution >= 4 is 22.5 Å². The molecule has 0 fully saturated rings. The van der Waals surface area contributed by atoms with Crippen molar-refractivity contribution in [2.75, 3.05) is 14.2 Å². The number of benzene rings is 2. The molecule has 3 aromatic rings. The molecule has 1 aromatic heterocycles. The summed E-state index contributed by atoms with van der Waals surface area (Å²) in [6, 6.07) is 11.4. The van der Waals surface area contributed by atoms with Crippen LogP contribution in [0.3, 0.4) is 0 Å². The zero-order valence-electron chi connectivity index (χ0n) is 12.1. The molecule has 0 unspecified atom stereocenters. The summed E-state index contributed by atoms with van der Waals surface area (Å²) in [5.41, 5.74) is 2.74. The van der Waals surface area contributed by atoms with Crippen LogP contribution in [0.5, 0.6) is 11.5 Å². The van der Waals surface area contributed by atoms with Crippen molar-refractivity contribution < 1.29 is 9.47 Å². The maximum Gasteiger partial charge on any atom is 0.120 e. The van der Waals surface area contributed by atoms with Gasteiger partial charge in [0.1, 0.15) is 11.5 Å². The highest BCUT2D eigenvalue weighted by Gasteiger charge is 2.12. The summed E-state index contributed by atoms with van der Waals surface area (Å²) < 4.78 is 12.3. The van der Waals surface area contributed by atoms with Gasteiger partial charge in [-0.2, -0.15) is 5.10 Å². The Morgan fingerprint density at radius 2 is 1.67 bits per heavy atom. The molecule has 0 saturated carbocycles. The molecule has 108 valence electrons. The fraction of sp³-hybridized carbons (Fsp3) is 0.188. The number of halogens is 1. The first-order valence-corrected chi connectivity index (χ1v) is 6.89. The highest BCUT2D eigenvalue weighted by Crippen LogP contribution is 2.30. The summed E-state index contributed by atoms with van der Waals surface area (Å²) in [6.07, 6.45) is 0. The Balaban J connectivity index is 2.18. The summed E-state index contributed by atoms with van der Waals surface area (Å²) in [4.78, 5) is 0. The maximum atomic E-state index is 6.34. The molecule has 4 nitrogen and oxygen atoms in total. The lowest BCUT2D eigenvalue weighted by atomic mass is 10.2. The van der Waals surface area contributed by atoms with Crippen LogP contribution >= 0.6 is 11.6 Å². The molecular weight excluding hydrogens is 288 g/mol. The van der Waals surface area contributed by atoms with Gasteiger partial charge in [-0.05, 0) is 37.3 Å². The Bertz CT molecular complexity index is 811. The van der Waals surface area contributed by atoms with E-state index in [1.807, 2.05) is 41.9 Å². The number of methoxy groups -OCH3 is 2. The number of aromatic nitrogens is 2. The highest BCUT2D eigenvalue weighted by molar-refractivity contribution is 6.32. The minimum Gasteiger partial charge on any atom is -0.497 e. The van der Waals surface area contributed by atoms with Crippen molar-refractivity contribution in [3.8, 4) is 17.2 Å². The molecule has 1 heterocycles. The Kier molecular flexibility index (Phi) is 3.47. The number of hydrogen-bond acceptors (Lipinski definition) is 3. The topological polar surface area (TPSA) is 36.3 Å². The third-order valence-corrected chi connectivity index (χ3v) is 3.80. The van der Waals surface area contributed by atoms with E-state index in [1.165, 1.54) is 0 Å². The average Bonchev–Trinajstić information content (AvgIpc) is 2.83. The average molecular weight is 303 g/mol. The van der Waals surface area contributed by atoms with E-state index in [2.05, 4.69) is 5.10 Å². The van der Waals surface area contributed by atoms with E-state index in [0.29, 0.717) is 5.02 Å². The molecule has 0 atom stereocenters. The lowest BCUT2D eigenvalue weighted by Gasteiger charge is -2.08. The lowest BCUT2D eigenvalue weighted by Crippen LogP contribution is -1.99. The van der Waals surface area contributed by atoms with Gasteiger partial charge in [0, 0.05) is 17.1 Å². The summed E-state index contributed by atoms with van der Waals surface area (Å²) in [5, 5.41) is 6.25. The van der Waals surface area contributed by atoms with Crippen molar-refractivity contribution in [2.24, 2.45) is 0 Å². The molecule has 0 saturated heterocycles. The predicted octanol–water partition coefficient (Wildman–Crippen LogP) is 4.00. The van der Waals surface area contributed by atoms with Gasteiger partial charge in [0.25, 0.3) is 0 Å². The monoisotopic (exact) mass is 302 g/mol. The Hall–Kier alpha value is -2.20. The van der Waals surface area contributed by atoms with Crippen LogP contribution in [-0.4, -0.2) is 24.0 Å². The lowest BCUT2D eigenvalue weighted by molar-refractivity contribution is 0.414. The van der Waals surface area contributed by atoms with Gasteiger partial charge in [-0.25, -0.2) is 4.68 Å². The molecule has 0 aliphatic carbocycles. The largest absolute Gasteiger partial charge is 0.497 e. The second-order valence-corrected chi connectivity index (χ2v) is 5.10. The van der Waals surface area contributed by atoms with E-state index < -0.39 is 0 Å². The summed E-state index contributed by atoms with van der Waals surface area (Å²) >= 11 is 6.34. The summed E-state index contributed by atoms with van der Waals surface area (Å²) in [7, 11) is 3.27. The van der Waals surface area contributed by atoms with Gasteiger partial charge in [0.15, 0.2) is 0 Å². The fourth-order valence-electron chi connectivity index (χ4n) is 2.34. The highest BCUT2D eigenvalue weighted by atomic mass is 35.5. The second kappa shape index (κ2) is 5.30. The van der Waals surface area contributed by atoms with Crippen LogP contribution in [-0.2, 0) is 0 Å². The number of fused-ring (bicyclic) bond motifs is 1. The van der Waals surface area contributed by atoms with Crippen LogP contribution in [0.15, 0.2) is 36.4 Å². The van der Waals surface area contributed by atoms with Crippen LogP contribution in [0, 0.1) is 6.92 Å². The van der Waals surface area contributed by atoms with Crippen LogP contribution in [0.2, 0.25) is 5.02 Å². The van der Waals surface area contributed by atoms with Crippen molar-refractivity contribution in [1.82, 2.24) is 9.78 Å². The molecule has 0 aliphatic heterocycles. The first kappa shape index (κ1) is 13.8. The summed E-state index contributed by atoms with van der Waals surface area (Å²) in [6.45, 7) is 2.01. The van der Waals surface area contributed by atoms with Crippen LogP contribution in [0.1, 0.15) is 5.69 Å². The standard InChI is InChI=1S/C16H15ClN2O2/c1-10-13-8-11(20-2)4-6-15(13)18-19(10)16-7-5-12(21-3)9-14(16)17/h4-9H,1-3H3. The Morgan fingerprint density at radius 1 is 1.00 bits per heavy atom. The van der Waals surface area contributed by atoms with Crippen LogP contribution in [0.4, 0.5) is 0 Å². The first-order chi connectivity index (χ1) is 10.1. The number of ether oxygens (including phenoxy) is 2. The summed E-state index contributed by atoms with van der Waals surface area (Å²) in [5.74, 6) is 1.53. The first-order valence-electron chi connectivity index (χ1n) is 6.51. The van der Waals surface area contributed by atoms with Gasteiger partial charge in [0.2, 0.25) is 0 Å². The van der Waals surface area contributed by atoms with Gasteiger partial charge in [-0.1, -0.05) is 11.6 Å². The molecule has 0 N–H and O–H groups in total. The minimum absolute atomic E-state index is 0.595. The van der Waals surface area contributed by atoms with Gasteiger partial charge >= 0.3 is 0 Å². The van der Waals surface area contributed by atoms with Crippen molar-refractivity contribution in [1.29, 1.82) is 0 Å². The molecule has 5 heteroatoms. The molecule has 2 aromatic carbocycles. The van der Waals surface area contributed by atoms with Crippen molar-refractivity contribution in [2.45, 2.75) is 6.92 Å². The van der Waals surface area contributed by atoms with E-state index in [0.717, 1.165) is 33.8 Å².